The van der Waals surface area contributed by atoms with E-state index in [1.807, 2.05) is 30.3 Å². The topological polar surface area (TPSA) is 0 Å². The summed E-state index contributed by atoms with van der Waals surface area (Å²) in [4.78, 5) is 0. The predicted molar refractivity (Wildman–Crippen MR) is 58.8 cm³/mol. The van der Waals surface area contributed by atoms with Gasteiger partial charge in [-0.05, 0) is 25.7 Å². The molecular weight excluding hydrogens is 259 g/mol. The summed E-state index contributed by atoms with van der Waals surface area (Å²) in [6, 6.07) is 10.0. The second-order valence-electron chi connectivity index (χ2n) is 3.06. The molecule has 14 heavy (non-hydrogen) atoms. The van der Waals surface area contributed by atoms with Crippen LogP contribution >= 0.6 is 0 Å². The van der Waals surface area contributed by atoms with Crippen LogP contribution in [0, 0.1) is 0 Å². The molecule has 0 saturated heterocycles. The first-order chi connectivity index (χ1) is 6.50. The summed E-state index contributed by atoms with van der Waals surface area (Å²) in [5.41, 5.74) is 0. The summed E-state index contributed by atoms with van der Waals surface area (Å²) in [5, 5.41) is 0. The van der Waals surface area contributed by atoms with Crippen molar-refractivity contribution in [1.29, 1.82) is 0 Å². The van der Waals surface area contributed by atoms with E-state index >= 15 is 0 Å². The molecule has 0 heterocycles. The van der Waals surface area contributed by atoms with Crippen LogP contribution in [0.25, 0.3) is 0 Å². The zero-order valence-corrected chi connectivity index (χ0v) is 10.00. The van der Waals surface area contributed by atoms with E-state index in [1.54, 1.807) is 0 Å². The first-order valence-electron chi connectivity index (χ1n) is 4.97. The minimum absolute atomic E-state index is 0. The molecule has 1 aromatic carbocycles. The summed E-state index contributed by atoms with van der Waals surface area (Å²) in [7, 11) is 0. The van der Waals surface area contributed by atoms with Gasteiger partial charge in [0.25, 0.3) is 0 Å². The minimum Gasteiger partial charge on any atom is -0.214 e. The molecule has 0 amide bonds. The van der Waals surface area contributed by atoms with Crippen LogP contribution in [0.2, 0.25) is 0 Å². The molecule has 2 rings (SSSR count). The Morgan fingerprint density at radius 3 is 1.21 bits per heavy atom. The monoisotopic (exact) mass is 276 g/mol. The van der Waals surface area contributed by atoms with Gasteiger partial charge in [0, 0.05) is 19.5 Å². The average molecular weight is 276 g/mol. The SMILES string of the molecule is C1=CCCC=CCC1.[Rh].c1cc[cH-]c1. The summed E-state index contributed by atoms with van der Waals surface area (Å²) >= 11 is 0. The van der Waals surface area contributed by atoms with E-state index < -0.39 is 0 Å². The molecule has 0 unspecified atom stereocenters. The Morgan fingerprint density at radius 1 is 0.643 bits per heavy atom. The van der Waals surface area contributed by atoms with Crippen LogP contribution in [-0.2, 0) is 19.5 Å². The van der Waals surface area contributed by atoms with Gasteiger partial charge >= 0.3 is 0 Å². The van der Waals surface area contributed by atoms with Crippen molar-refractivity contribution < 1.29 is 19.5 Å². The van der Waals surface area contributed by atoms with Crippen LogP contribution in [0.15, 0.2) is 54.6 Å². The van der Waals surface area contributed by atoms with Crippen molar-refractivity contribution in [3.63, 3.8) is 0 Å². The van der Waals surface area contributed by atoms with E-state index in [4.69, 9.17) is 0 Å². The Hall–Kier alpha value is -0.547. The molecule has 1 aliphatic rings. The molecule has 79 valence electrons. The van der Waals surface area contributed by atoms with Gasteiger partial charge in [-0.1, -0.05) is 24.3 Å². The number of rotatable bonds is 0. The van der Waals surface area contributed by atoms with Crippen LogP contribution < -0.4 is 0 Å². The van der Waals surface area contributed by atoms with E-state index in [0.29, 0.717) is 0 Å². The normalized spacial score (nSPS) is 14.3. The quantitative estimate of drug-likeness (QED) is 0.380. The first-order valence-corrected chi connectivity index (χ1v) is 4.97. The van der Waals surface area contributed by atoms with Crippen molar-refractivity contribution in [2.24, 2.45) is 0 Å². The molecule has 0 atom stereocenters. The third-order valence-corrected chi connectivity index (χ3v) is 1.89. The van der Waals surface area contributed by atoms with Crippen molar-refractivity contribution in [2.45, 2.75) is 25.7 Å². The van der Waals surface area contributed by atoms with Crippen molar-refractivity contribution in [2.75, 3.05) is 0 Å². The summed E-state index contributed by atoms with van der Waals surface area (Å²) in [6.07, 6.45) is 14.0. The maximum Gasteiger partial charge on any atom is 0 e. The van der Waals surface area contributed by atoms with E-state index in [0.717, 1.165) is 0 Å². The second kappa shape index (κ2) is 10.5. The fraction of sp³-hybridized carbons (Fsp3) is 0.308. The maximum atomic E-state index is 2.27. The Balaban J connectivity index is 0.000000246. The van der Waals surface area contributed by atoms with Gasteiger partial charge in [-0.2, -0.15) is 18.2 Å². The van der Waals surface area contributed by atoms with Gasteiger partial charge in [0.1, 0.15) is 0 Å². The molecule has 1 radical (unpaired) electrons. The summed E-state index contributed by atoms with van der Waals surface area (Å²) in [6.45, 7) is 0. The molecule has 1 aliphatic carbocycles. The number of hydrogen-bond donors (Lipinski definition) is 0. The Kier molecular flexibility index (Phi) is 10.1. The number of hydrogen-bond acceptors (Lipinski definition) is 0. The van der Waals surface area contributed by atoms with Crippen LogP contribution in [0.5, 0.6) is 0 Å². The molecule has 0 nitrogen and oxygen atoms in total. The molecule has 0 bridgehead atoms. The zero-order valence-electron chi connectivity index (χ0n) is 8.36. The van der Waals surface area contributed by atoms with Crippen molar-refractivity contribution in [1.82, 2.24) is 0 Å². The molecule has 0 aliphatic heterocycles. The molecule has 0 spiro atoms. The third kappa shape index (κ3) is 8.07. The molecule has 1 aromatic rings. The fourth-order valence-electron chi connectivity index (χ4n) is 1.18. The van der Waals surface area contributed by atoms with Gasteiger partial charge in [0.05, 0.1) is 0 Å². The van der Waals surface area contributed by atoms with Crippen LogP contribution in [0.3, 0.4) is 0 Å². The van der Waals surface area contributed by atoms with Crippen molar-refractivity contribution in [3.8, 4) is 0 Å². The molecule has 0 fully saturated rings. The molecule has 0 saturated carbocycles. The van der Waals surface area contributed by atoms with E-state index in [9.17, 15) is 0 Å². The largest absolute Gasteiger partial charge is 0.214 e. The van der Waals surface area contributed by atoms with Crippen molar-refractivity contribution in [3.05, 3.63) is 54.6 Å². The van der Waals surface area contributed by atoms with Gasteiger partial charge in [-0.3, -0.25) is 0 Å². The summed E-state index contributed by atoms with van der Waals surface area (Å²) in [5.74, 6) is 0. The standard InChI is InChI=1S/C8H12.C5H5.Rh/c1-2-4-6-8-7-5-3-1;1-2-4-5-3-1;/h1-2,7-8H,3-6H2;1-5H;/q;-1;. The van der Waals surface area contributed by atoms with E-state index in [-0.39, 0.29) is 19.5 Å². The first kappa shape index (κ1) is 13.5. The number of allylic oxidation sites excluding steroid dienone is 4. The predicted octanol–water partition coefficient (Wildman–Crippen LogP) is 4.08. The molecule has 0 aromatic heterocycles. The molecule has 0 N–H and O–H groups in total. The van der Waals surface area contributed by atoms with Crippen LogP contribution in [-0.4, -0.2) is 0 Å². The third-order valence-electron chi connectivity index (χ3n) is 1.89. The average Bonchev–Trinajstić information content (AvgIpc) is 2.58. The van der Waals surface area contributed by atoms with Gasteiger partial charge < -0.3 is 0 Å². The second-order valence-corrected chi connectivity index (χ2v) is 3.06. The zero-order chi connectivity index (χ0) is 9.19. The van der Waals surface area contributed by atoms with Crippen molar-refractivity contribution >= 4 is 0 Å². The van der Waals surface area contributed by atoms with Crippen LogP contribution in [0.1, 0.15) is 25.7 Å². The van der Waals surface area contributed by atoms with E-state index in [2.05, 4.69) is 24.3 Å². The van der Waals surface area contributed by atoms with Gasteiger partial charge in [0.2, 0.25) is 0 Å². The van der Waals surface area contributed by atoms with E-state index in [1.165, 1.54) is 25.7 Å². The van der Waals surface area contributed by atoms with Gasteiger partial charge in [0.15, 0.2) is 0 Å². The maximum absolute atomic E-state index is 2.27. The molecule has 1 heteroatoms. The Bertz CT molecular complexity index is 189. The van der Waals surface area contributed by atoms with Gasteiger partial charge in [-0.25, -0.2) is 12.1 Å². The smallest absolute Gasteiger partial charge is 0 e. The Labute approximate surface area is 99.8 Å². The fourth-order valence-corrected chi connectivity index (χ4v) is 1.18. The van der Waals surface area contributed by atoms with Gasteiger partial charge in [-0.15, -0.1) is 0 Å². The Morgan fingerprint density at radius 2 is 1.00 bits per heavy atom. The van der Waals surface area contributed by atoms with Crippen LogP contribution in [0.4, 0.5) is 0 Å². The molecular formula is C13H17Rh-. The minimum atomic E-state index is 0. The summed E-state index contributed by atoms with van der Waals surface area (Å²) < 4.78 is 0.